The lowest BCUT2D eigenvalue weighted by atomic mass is 10.2. The second-order valence-corrected chi connectivity index (χ2v) is 5.40. The lowest BCUT2D eigenvalue weighted by Crippen LogP contribution is -2.29. The predicted molar refractivity (Wildman–Crippen MR) is 66.0 cm³/mol. The summed E-state index contributed by atoms with van der Waals surface area (Å²) in [4.78, 5) is 11.2. The highest BCUT2D eigenvalue weighted by atomic mass is 32.2. The molecule has 1 amide bonds. The minimum Gasteiger partial charge on any atom is -0.468 e. The maximum Gasteiger partial charge on any atom is 0.268 e. The van der Waals surface area contributed by atoms with E-state index < -0.39 is 0 Å². The fraction of sp³-hybridized carbons (Fsp3) is 0.545. The van der Waals surface area contributed by atoms with Gasteiger partial charge in [0.2, 0.25) is 0 Å². The van der Waals surface area contributed by atoms with E-state index in [-0.39, 0.29) is 5.91 Å². The van der Waals surface area contributed by atoms with Gasteiger partial charge in [0.25, 0.3) is 5.91 Å². The summed E-state index contributed by atoms with van der Waals surface area (Å²) in [5.41, 5.74) is 2.54. The Kier molecular flexibility index (Phi) is 4.89. The molecule has 1 rings (SSSR count). The van der Waals surface area contributed by atoms with E-state index in [1.165, 1.54) is 6.26 Å². The molecule has 0 saturated heterocycles. The van der Waals surface area contributed by atoms with Gasteiger partial charge in [-0.3, -0.25) is 10.2 Å². The van der Waals surface area contributed by atoms with Crippen molar-refractivity contribution < 1.29 is 9.21 Å². The first-order chi connectivity index (χ1) is 7.54. The van der Waals surface area contributed by atoms with Crippen LogP contribution in [0.1, 0.15) is 36.9 Å². The molecule has 0 radical (unpaired) electrons. The van der Waals surface area contributed by atoms with Crippen LogP contribution in [0.2, 0.25) is 0 Å². The molecule has 0 bridgehead atoms. The van der Waals surface area contributed by atoms with Gasteiger partial charge in [0.1, 0.15) is 12.0 Å². The van der Waals surface area contributed by atoms with E-state index in [2.05, 4.69) is 26.2 Å². The van der Waals surface area contributed by atoms with Crippen molar-refractivity contribution in [2.45, 2.75) is 31.8 Å². The quantitative estimate of drug-likeness (QED) is 0.471. The third-order valence-electron chi connectivity index (χ3n) is 2.47. The lowest BCUT2D eigenvalue weighted by molar-refractivity contribution is 0.0953. The molecular weight excluding hydrogens is 224 g/mol. The average molecular weight is 242 g/mol. The Morgan fingerprint density at radius 3 is 2.81 bits per heavy atom. The lowest BCUT2D eigenvalue weighted by Gasteiger charge is -2.13. The number of hydrogen-bond acceptors (Lipinski definition) is 4. The Balaban J connectivity index is 2.49. The van der Waals surface area contributed by atoms with Crippen molar-refractivity contribution in [2.75, 3.05) is 0 Å². The van der Waals surface area contributed by atoms with Crippen molar-refractivity contribution >= 4 is 17.7 Å². The summed E-state index contributed by atoms with van der Waals surface area (Å²) in [6, 6.07) is 1.72. The van der Waals surface area contributed by atoms with Crippen molar-refractivity contribution in [3.05, 3.63) is 23.7 Å². The van der Waals surface area contributed by atoms with Crippen LogP contribution in [0.15, 0.2) is 16.7 Å². The molecule has 1 aromatic heterocycles. The number of nitrogens with two attached hydrogens (primary N) is 1. The molecule has 0 spiro atoms. The highest BCUT2D eigenvalue weighted by molar-refractivity contribution is 7.99. The van der Waals surface area contributed by atoms with Gasteiger partial charge in [-0.1, -0.05) is 20.8 Å². The highest BCUT2D eigenvalue weighted by Crippen LogP contribution is 2.24. The molecule has 1 unspecified atom stereocenters. The number of nitrogens with one attached hydrogen (secondary N) is 1. The Morgan fingerprint density at radius 1 is 1.56 bits per heavy atom. The molecule has 4 nitrogen and oxygen atoms in total. The zero-order valence-electron chi connectivity index (χ0n) is 9.82. The standard InChI is InChI=1S/C11H18N2O2S/c1-7(2)8(3)16-6-10-4-9(5-15-10)11(14)13-12/h4-5,7-8H,6,12H2,1-3H3,(H,13,14). The van der Waals surface area contributed by atoms with E-state index >= 15 is 0 Å². The molecule has 3 N–H and O–H groups in total. The molecule has 16 heavy (non-hydrogen) atoms. The first-order valence-corrected chi connectivity index (χ1v) is 6.29. The number of furan rings is 1. The number of amides is 1. The van der Waals surface area contributed by atoms with Crippen molar-refractivity contribution in [1.29, 1.82) is 0 Å². The molecule has 0 aliphatic heterocycles. The smallest absolute Gasteiger partial charge is 0.268 e. The molecular formula is C11H18N2O2S. The van der Waals surface area contributed by atoms with Crippen LogP contribution in [0.3, 0.4) is 0 Å². The fourth-order valence-electron chi connectivity index (χ4n) is 1.06. The normalized spacial score (nSPS) is 12.8. The molecule has 0 aliphatic rings. The van der Waals surface area contributed by atoms with Crippen LogP contribution in [-0.2, 0) is 5.75 Å². The Morgan fingerprint density at radius 2 is 2.25 bits per heavy atom. The number of hydrazine groups is 1. The Hall–Kier alpha value is -0.940. The van der Waals surface area contributed by atoms with E-state index in [4.69, 9.17) is 10.3 Å². The van der Waals surface area contributed by atoms with Crippen LogP contribution >= 0.6 is 11.8 Å². The summed E-state index contributed by atoms with van der Waals surface area (Å²) in [5, 5.41) is 0.567. The van der Waals surface area contributed by atoms with Gasteiger partial charge in [0, 0.05) is 5.25 Å². The van der Waals surface area contributed by atoms with Crippen molar-refractivity contribution in [3.63, 3.8) is 0 Å². The average Bonchev–Trinajstić information content (AvgIpc) is 2.73. The largest absolute Gasteiger partial charge is 0.468 e. The fourth-order valence-corrected chi connectivity index (χ4v) is 2.03. The number of carbonyl (C=O) groups excluding carboxylic acids is 1. The number of carbonyl (C=O) groups is 1. The van der Waals surface area contributed by atoms with Crippen LogP contribution < -0.4 is 11.3 Å². The van der Waals surface area contributed by atoms with Crippen LogP contribution in [0.25, 0.3) is 0 Å². The third kappa shape index (κ3) is 3.57. The summed E-state index contributed by atoms with van der Waals surface area (Å²) in [6.07, 6.45) is 1.43. The Bertz CT molecular complexity index is 350. The van der Waals surface area contributed by atoms with Crippen LogP contribution in [0.4, 0.5) is 0 Å². The maximum atomic E-state index is 11.2. The van der Waals surface area contributed by atoms with Gasteiger partial charge in [-0.15, -0.1) is 0 Å². The first-order valence-electron chi connectivity index (χ1n) is 5.24. The summed E-state index contributed by atoms with van der Waals surface area (Å²) in [7, 11) is 0. The Labute approximate surface area is 99.9 Å². The van der Waals surface area contributed by atoms with Gasteiger partial charge in [-0.25, -0.2) is 5.84 Å². The summed E-state index contributed by atoms with van der Waals surface area (Å²) in [5.74, 6) is 6.91. The van der Waals surface area contributed by atoms with Gasteiger partial charge in [0.05, 0.1) is 11.3 Å². The van der Waals surface area contributed by atoms with Crippen molar-refractivity contribution in [2.24, 2.45) is 11.8 Å². The molecule has 0 aromatic carbocycles. The second-order valence-electron chi connectivity index (χ2n) is 4.04. The maximum absolute atomic E-state index is 11.2. The van der Waals surface area contributed by atoms with Gasteiger partial charge in [-0.2, -0.15) is 11.8 Å². The summed E-state index contributed by atoms with van der Waals surface area (Å²) in [6.45, 7) is 6.56. The monoisotopic (exact) mass is 242 g/mol. The van der Waals surface area contributed by atoms with Crippen molar-refractivity contribution in [3.8, 4) is 0 Å². The highest BCUT2D eigenvalue weighted by Gasteiger charge is 2.11. The van der Waals surface area contributed by atoms with Crippen LogP contribution in [-0.4, -0.2) is 11.2 Å². The van der Waals surface area contributed by atoms with Crippen LogP contribution in [0.5, 0.6) is 0 Å². The molecule has 0 saturated carbocycles. The molecule has 5 heteroatoms. The molecule has 0 fully saturated rings. The number of nitrogen functional groups attached to an aromatic ring is 1. The van der Waals surface area contributed by atoms with Gasteiger partial charge < -0.3 is 4.42 Å². The van der Waals surface area contributed by atoms with E-state index in [1.807, 2.05) is 11.8 Å². The number of thioether (sulfide) groups is 1. The molecule has 1 aromatic rings. The van der Waals surface area contributed by atoms with E-state index in [9.17, 15) is 4.79 Å². The minimum absolute atomic E-state index is 0.322. The SMILES string of the molecule is CC(C)C(C)SCc1cc(C(=O)NN)co1. The van der Waals surface area contributed by atoms with Gasteiger partial charge >= 0.3 is 0 Å². The predicted octanol–water partition coefficient (Wildman–Crippen LogP) is 2.16. The second kappa shape index (κ2) is 5.96. The van der Waals surface area contributed by atoms with Gasteiger partial charge in [0.15, 0.2) is 0 Å². The third-order valence-corrected chi connectivity index (χ3v) is 4.00. The number of rotatable bonds is 5. The van der Waals surface area contributed by atoms with Crippen molar-refractivity contribution in [1.82, 2.24) is 5.43 Å². The first kappa shape index (κ1) is 13.1. The summed E-state index contributed by atoms with van der Waals surface area (Å²) < 4.78 is 5.28. The molecule has 1 atom stereocenters. The molecule has 1 heterocycles. The zero-order valence-corrected chi connectivity index (χ0v) is 10.6. The summed E-state index contributed by atoms with van der Waals surface area (Å²) >= 11 is 1.81. The zero-order chi connectivity index (χ0) is 12.1. The number of hydrogen-bond donors (Lipinski definition) is 2. The topological polar surface area (TPSA) is 68.3 Å². The van der Waals surface area contributed by atoms with E-state index in [0.29, 0.717) is 16.7 Å². The molecule has 90 valence electrons. The van der Waals surface area contributed by atoms with E-state index in [1.54, 1.807) is 6.07 Å². The minimum atomic E-state index is -0.322. The molecule has 0 aliphatic carbocycles. The van der Waals surface area contributed by atoms with E-state index in [0.717, 1.165) is 11.5 Å². The van der Waals surface area contributed by atoms with Gasteiger partial charge in [-0.05, 0) is 12.0 Å². The van der Waals surface area contributed by atoms with Crippen LogP contribution in [0, 0.1) is 5.92 Å².